The molecule has 1 saturated heterocycles. The van der Waals surface area contributed by atoms with Gasteiger partial charge in [0.1, 0.15) is 11.4 Å². The molecule has 6 heteroatoms. The SMILES string of the molecule is CC1(C)NC(=O)N(Cc2ccc(Cl)c(F)c2)C1=O. The van der Waals surface area contributed by atoms with Crippen molar-refractivity contribution in [1.29, 1.82) is 0 Å². The molecule has 1 heterocycles. The molecule has 1 aromatic carbocycles. The Balaban J connectivity index is 2.22. The summed E-state index contributed by atoms with van der Waals surface area (Å²) in [4.78, 5) is 24.6. The normalized spacial score (nSPS) is 18.1. The average Bonchev–Trinajstić information content (AvgIpc) is 2.46. The first-order chi connectivity index (χ1) is 8.31. The van der Waals surface area contributed by atoms with Gasteiger partial charge in [-0.25, -0.2) is 9.18 Å². The van der Waals surface area contributed by atoms with E-state index in [-0.39, 0.29) is 17.5 Å². The molecule has 3 amide bonds. The third kappa shape index (κ3) is 2.18. The number of rotatable bonds is 2. The van der Waals surface area contributed by atoms with Crippen LogP contribution in [0.15, 0.2) is 18.2 Å². The lowest BCUT2D eigenvalue weighted by atomic mass is 10.1. The Labute approximate surface area is 109 Å². The molecule has 1 aliphatic heterocycles. The van der Waals surface area contributed by atoms with Gasteiger partial charge in [-0.2, -0.15) is 0 Å². The second-order valence-electron chi connectivity index (χ2n) is 4.69. The highest BCUT2D eigenvalue weighted by atomic mass is 35.5. The summed E-state index contributed by atoms with van der Waals surface area (Å²) in [5, 5.41) is 2.57. The van der Waals surface area contributed by atoms with Crippen LogP contribution in [-0.2, 0) is 11.3 Å². The molecule has 18 heavy (non-hydrogen) atoms. The number of nitrogens with zero attached hydrogens (tertiary/aromatic N) is 1. The molecule has 0 bridgehead atoms. The molecule has 0 atom stereocenters. The van der Waals surface area contributed by atoms with Crippen molar-refractivity contribution in [2.24, 2.45) is 0 Å². The number of benzene rings is 1. The molecule has 0 unspecified atom stereocenters. The van der Waals surface area contributed by atoms with Gasteiger partial charge in [0, 0.05) is 0 Å². The Morgan fingerprint density at radius 1 is 1.39 bits per heavy atom. The molecular weight excluding hydrogens is 259 g/mol. The molecule has 1 fully saturated rings. The molecule has 1 N–H and O–H groups in total. The van der Waals surface area contributed by atoms with Gasteiger partial charge in [-0.05, 0) is 31.5 Å². The first kappa shape index (κ1) is 12.8. The van der Waals surface area contributed by atoms with Gasteiger partial charge in [-0.3, -0.25) is 9.69 Å². The van der Waals surface area contributed by atoms with Crippen LogP contribution in [0.5, 0.6) is 0 Å². The van der Waals surface area contributed by atoms with Gasteiger partial charge in [0.15, 0.2) is 0 Å². The molecular formula is C12H12ClFN2O2. The van der Waals surface area contributed by atoms with E-state index in [1.54, 1.807) is 19.9 Å². The predicted molar refractivity (Wildman–Crippen MR) is 64.6 cm³/mol. The summed E-state index contributed by atoms with van der Waals surface area (Å²) in [5.74, 6) is -0.900. The second kappa shape index (κ2) is 4.24. The summed E-state index contributed by atoms with van der Waals surface area (Å²) in [5.41, 5.74) is -0.402. The van der Waals surface area contributed by atoms with E-state index in [9.17, 15) is 14.0 Å². The quantitative estimate of drug-likeness (QED) is 0.839. The fourth-order valence-corrected chi connectivity index (χ4v) is 1.90. The van der Waals surface area contributed by atoms with Crippen molar-refractivity contribution < 1.29 is 14.0 Å². The van der Waals surface area contributed by atoms with Crippen molar-refractivity contribution in [3.05, 3.63) is 34.6 Å². The number of carbonyl (C=O) groups is 2. The first-order valence-electron chi connectivity index (χ1n) is 5.39. The van der Waals surface area contributed by atoms with Gasteiger partial charge in [0.25, 0.3) is 5.91 Å². The highest BCUT2D eigenvalue weighted by Crippen LogP contribution is 2.21. The van der Waals surface area contributed by atoms with E-state index < -0.39 is 17.4 Å². The largest absolute Gasteiger partial charge is 0.325 e. The van der Waals surface area contributed by atoms with Crippen LogP contribution in [-0.4, -0.2) is 22.4 Å². The van der Waals surface area contributed by atoms with Crippen molar-refractivity contribution >= 4 is 23.5 Å². The molecule has 0 saturated carbocycles. The van der Waals surface area contributed by atoms with Gasteiger partial charge in [-0.15, -0.1) is 0 Å². The van der Waals surface area contributed by atoms with E-state index in [0.29, 0.717) is 5.56 Å². The monoisotopic (exact) mass is 270 g/mol. The zero-order valence-corrected chi connectivity index (χ0v) is 10.7. The van der Waals surface area contributed by atoms with Crippen LogP contribution in [0.25, 0.3) is 0 Å². The van der Waals surface area contributed by atoms with E-state index in [1.807, 2.05) is 0 Å². The average molecular weight is 271 g/mol. The van der Waals surface area contributed by atoms with Crippen LogP contribution in [0.3, 0.4) is 0 Å². The lowest BCUT2D eigenvalue weighted by Crippen LogP contribution is -2.40. The number of hydrogen-bond donors (Lipinski definition) is 1. The van der Waals surface area contributed by atoms with E-state index in [4.69, 9.17) is 11.6 Å². The number of halogens is 2. The summed E-state index contributed by atoms with van der Waals surface area (Å²) in [6.07, 6.45) is 0. The minimum absolute atomic E-state index is 0.0104. The lowest BCUT2D eigenvalue weighted by molar-refractivity contribution is -0.130. The van der Waals surface area contributed by atoms with Crippen LogP contribution >= 0.6 is 11.6 Å². The van der Waals surface area contributed by atoms with Crippen molar-refractivity contribution in [2.45, 2.75) is 25.9 Å². The Bertz CT molecular complexity index is 531. The second-order valence-corrected chi connectivity index (χ2v) is 5.10. The smallest absolute Gasteiger partial charge is 0.324 e. The topological polar surface area (TPSA) is 49.4 Å². The highest BCUT2D eigenvalue weighted by molar-refractivity contribution is 6.30. The summed E-state index contributed by atoms with van der Waals surface area (Å²) in [6, 6.07) is 3.72. The molecule has 1 aliphatic rings. The molecule has 4 nitrogen and oxygen atoms in total. The van der Waals surface area contributed by atoms with Gasteiger partial charge in [0.2, 0.25) is 0 Å². The van der Waals surface area contributed by atoms with E-state index in [1.165, 1.54) is 12.1 Å². The van der Waals surface area contributed by atoms with Gasteiger partial charge in [0.05, 0.1) is 11.6 Å². The fraction of sp³-hybridized carbons (Fsp3) is 0.333. The Morgan fingerprint density at radius 2 is 2.06 bits per heavy atom. The highest BCUT2D eigenvalue weighted by Gasteiger charge is 2.44. The maximum absolute atomic E-state index is 13.3. The fourth-order valence-electron chi connectivity index (χ4n) is 1.78. The summed E-state index contributed by atoms with van der Waals surface area (Å²) >= 11 is 5.57. The van der Waals surface area contributed by atoms with Crippen molar-refractivity contribution in [1.82, 2.24) is 10.2 Å². The minimum Gasteiger partial charge on any atom is -0.324 e. The molecule has 0 spiro atoms. The number of carbonyl (C=O) groups excluding carboxylic acids is 2. The third-order valence-corrected chi connectivity index (χ3v) is 3.08. The molecule has 1 aromatic rings. The van der Waals surface area contributed by atoms with Gasteiger partial charge in [-0.1, -0.05) is 17.7 Å². The van der Waals surface area contributed by atoms with E-state index in [2.05, 4.69) is 5.32 Å². The van der Waals surface area contributed by atoms with Crippen LogP contribution in [0.2, 0.25) is 5.02 Å². The van der Waals surface area contributed by atoms with Crippen LogP contribution in [0.1, 0.15) is 19.4 Å². The zero-order valence-electron chi connectivity index (χ0n) is 9.96. The number of nitrogens with one attached hydrogen (secondary N) is 1. The standard InChI is InChI=1S/C12H12ClFN2O2/c1-12(2)10(17)16(11(18)15-12)6-7-3-4-8(13)9(14)5-7/h3-5H,6H2,1-2H3,(H,15,18). The zero-order chi connectivity index (χ0) is 13.5. The van der Waals surface area contributed by atoms with Gasteiger partial charge >= 0.3 is 6.03 Å². The minimum atomic E-state index is -0.915. The molecule has 2 rings (SSSR count). The van der Waals surface area contributed by atoms with Crippen molar-refractivity contribution in [2.75, 3.05) is 0 Å². The van der Waals surface area contributed by atoms with Crippen molar-refractivity contribution in [3.8, 4) is 0 Å². The lowest BCUT2D eigenvalue weighted by Gasteiger charge is -2.16. The Morgan fingerprint density at radius 3 is 2.56 bits per heavy atom. The molecule has 0 radical (unpaired) electrons. The summed E-state index contributed by atoms with van der Waals surface area (Å²) in [7, 11) is 0. The maximum atomic E-state index is 13.3. The number of hydrogen-bond acceptors (Lipinski definition) is 2. The summed E-state index contributed by atoms with van der Waals surface area (Å²) < 4.78 is 13.3. The predicted octanol–water partition coefficient (Wildman–Crippen LogP) is 2.31. The van der Waals surface area contributed by atoms with Gasteiger partial charge < -0.3 is 5.32 Å². The van der Waals surface area contributed by atoms with E-state index >= 15 is 0 Å². The first-order valence-corrected chi connectivity index (χ1v) is 5.77. The summed E-state index contributed by atoms with van der Waals surface area (Å²) in [6.45, 7) is 3.27. The van der Waals surface area contributed by atoms with Crippen LogP contribution in [0, 0.1) is 5.82 Å². The number of urea groups is 1. The maximum Gasteiger partial charge on any atom is 0.325 e. The molecule has 0 aromatic heterocycles. The van der Waals surface area contributed by atoms with Crippen LogP contribution in [0.4, 0.5) is 9.18 Å². The molecule has 96 valence electrons. The third-order valence-electron chi connectivity index (χ3n) is 2.77. The molecule has 0 aliphatic carbocycles. The number of imide groups is 1. The Kier molecular flexibility index (Phi) is 3.02. The Hall–Kier alpha value is -1.62. The van der Waals surface area contributed by atoms with Crippen LogP contribution < -0.4 is 5.32 Å². The van der Waals surface area contributed by atoms with E-state index in [0.717, 1.165) is 4.90 Å². The number of amides is 3. The van der Waals surface area contributed by atoms with Crippen molar-refractivity contribution in [3.63, 3.8) is 0 Å².